The van der Waals surface area contributed by atoms with Crippen LogP contribution in [-0.4, -0.2) is 35.2 Å². The van der Waals surface area contributed by atoms with E-state index in [9.17, 15) is 28.1 Å². The molecule has 0 atom stereocenters. The summed E-state index contributed by atoms with van der Waals surface area (Å²) in [6.07, 6.45) is -1.36. The van der Waals surface area contributed by atoms with Gasteiger partial charge in [0, 0.05) is 42.7 Å². The van der Waals surface area contributed by atoms with E-state index < -0.39 is 28.3 Å². The minimum absolute atomic E-state index is 0.0236. The van der Waals surface area contributed by atoms with Gasteiger partial charge >= 0.3 is 6.18 Å². The van der Waals surface area contributed by atoms with Crippen LogP contribution in [0.3, 0.4) is 0 Å². The highest BCUT2D eigenvalue weighted by Crippen LogP contribution is 2.34. The fourth-order valence-electron chi connectivity index (χ4n) is 3.85. The number of hydrogen-bond acceptors (Lipinski definition) is 7. The molecule has 11 nitrogen and oxygen atoms in total. The molecule has 0 aliphatic rings. The molecule has 39 heavy (non-hydrogen) atoms. The summed E-state index contributed by atoms with van der Waals surface area (Å²) in [4.78, 5) is 28.0. The molecule has 1 amide bonds. The van der Waals surface area contributed by atoms with Gasteiger partial charge in [-0.25, -0.2) is 9.50 Å². The lowest BCUT2D eigenvalue weighted by Crippen LogP contribution is -2.13. The molecule has 0 aliphatic heterocycles. The minimum atomic E-state index is -4.60. The zero-order valence-corrected chi connectivity index (χ0v) is 20.3. The van der Waals surface area contributed by atoms with Gasteiger partial charge in [-0.05, 0) is 31.2 Å². The molecule has 0 unspecified atom stereocenters. The number of aryl methyl sites for hydroxylation is 1. The number of nitrogens with zero attached hydrogens (tertiary/aromatic N) is 6. The standard InChI is InChI=1S/C25H18F3N7O4/c1-14-20(13-30-33(14)2)22-6-7-29-23-12-21(32-34(22)23)24(36)31-16-9-17(35(37)38)11-19(10-16)39-18-5-3-4-15(8-18)25(26,27)28/h3-13H,1-2H3,(H,31,36). The van der Waals surface area contributed by atoms with Crippen LogP contribution in [0.4, 0.5) is 24.5 Å². The second-order valence-corrected chi connectivity index (χ2v) is 8.45. The first-order chi connectivity index (χ1) is 18.5. The van der Waals surface area contributed by atoms with E-state index in [0.29, 0.717) is 11.3 Å². The Bertz CT molecular complexity index is 1740. The number of hydrogen-bond donors (Lipinski definition) is 1. The maximum absolute atomic E-state index is 13.1. The summed E-state index contributed by atoms with van der Waals surface area (Å²) in [6, 6.07) is 10.6. The van der Waals surface area contributed by atoms with E-state index in [1.807, 2.05) is 6.92 Å². The first-order valence-electron chi connectivity index (χ1n) is 11.3. The lowest BCUT2D eigenvalue weighted by molar-refractivity contribution is -0.384. The highest BCUT2D eigenvalue weighted by molar-refractivity contribution is 6.03. The number of benzene rings is 2. The molecule has 0 aliphatic carbocycles. The molecular formula is C25H18F3N7O4. The van der Waals surface area contributed by atoms with Crippen LogP contribution in [0, 0.1) is 17.0 Å². The average Bonchev–Trinajstić information content (AvgIpc) is 3.47. The van der Waals surface area contributed by atoms with Crippen LogP contribution >= 0.6 is 0 Å². The van der Waals surface area contributed by atoms with Crippen molar-refractivity contribution in [1.82, 2.24) is 24.4 Å². The Labute approximate surface area is 217 Å². The van der Waals surface area contributed by atoms with Crippen molar-refractivity contribution in [2.45, 2.75) is 13.1 Å². The lowest BCUT2D eigenvalue weighted by Gasteiger charge is -2.11. The number of alkyl halides is 3. The van der Waals surface area contributed by atoms with Crippen molar-refractivity contribution < 1.29 is 27.6 Å². The quantitative estimate of drug-likeness (QED) is 0.226. The van der Waals surface area contributed by atoms with Gasteiger partial charge in [-0.2, -0.15) is 23.4 Å². The normalized spacial score (nSPS) is 11.5. The second kappa shape index (κ2) is 9.55. The van der Waals surface area contributed by atoms with E-state index in [4.69, 9.17) is 4.74 Å². The number of carbonyl (C=O) groups excluding carboxylic acids is 1. The van der Waals surface area contributed by atoms with Gasteiger partial charge in [-0.15, -0.1) is 0 Å². The van der Waals surface area contributed by atoms with Gasteiger partial charge in [0.1, 0.15) is 11.5 Å². The van der Waals surface area contributed by atoms with Crippen LogP contribution in [0.5, 0.6) is 11.5 Å². The second-order valence-electron chi connectivity index (χ2n) is 8.45. The number of nitrogens with one attached hydrogen (secondary N) is 1. The Morgan fingerprint density at radius 2 is 1.90 bits per heavy atom. The molecule has 0 saturated heterocycles. The SMILES string of the molecule is Cc1c(-c2ccnc3cc(C(=O)Nc4cc(Oc5cccc(C(F)(F)F)c5)cc([N+](=O)[O-])c4)nn23)cnn1C. The van der Waals surface area contributed by atoms with Crippen molar-refractivity contribution in [3.8, 4) is 22.8 Å². The monoisotopic (exact) mass is 537 g/mol. The van der Waals surface area contributed by atoms with Gasteiger partial charge in [-0.1, -0.05) is 6.07 Å². The van der Waals surface area contributed by atoms with Crippen molar-refractivity contribution in [3.63, 3.8) is 0 Å². The van der Waals surface area contributed by atoms with Crippen molar-refractivity contribution in [2.75, 3.05) is 5.32 Å². The van der Waals surface area contributed by atoms with E-state index in [0.717, 1.165) is 41.6 Å². The molecule has 0 radical (unpaired) electrons. The minimum Gasteiger partial charge on any atom is -0.457 e. The van der Waals surface area contributed by atoms with Gasteiger partial charge in [0.25, 0.3) is 11.6 Å². The molecule has 3 aromatic heterocycles. The van der Waals surface area contributed by atoms with E-state index >= 15 is 0 Å². The Balaban J connectivity index is 1.45. The summed E-state index contributed by atoms with van der Waals surface area (Å²) in [6.45, 7) is 1.88. The van der Waals surface area contributed by atoms with Crippen LogP contribution in [0.1, 0.15) is 21.7 Å². The summed E-state index contributed by atoms with van der Waals surface area (Å²) < 4.78 is 47.8. The third-order valence-corrected chi connectivity index (χ3v) is 5.86. The molecule has 0 saturated carbocycles. The number of aromatic nitrogens is 5. The predicted molar refractivity (Wildman–Crippen MR) is 132 cm³/mol. The Morgan fingerprint density at radius 3 is 2.59 bits per heavy atom. The molecule has 5 rings (SSSR count). The number of anilines is 1. The zero-order valence-electron chi connectivity index (χ0n) is 20.3. The van der Waals surface area contributed by atoms with Crippen molar-refractivity contribution >= 4 is 22.9 Å². The first kappa shape index (κ1) is 25.4. The third kappa shape index (κ3) is 5.12. The summed E-state index contributed by atoms with van der Waals surface area (Å²) >= 11 is 0. The smallest absolute Gasteiger partial charge is 0.416 e. The summed E-state index contributed by atoms with van der Waals surface area (Å²) in [5, 5.41) is 22.6. The van der Waals surface area contributed by atoms with Crippen LogP contribution in [0.25, 0.3) is 16.9 Å². The summed E-state index contributed by atoms with van der Waals surface area (Å²) in [5.41, 5.74) is 1.25. The maximum atomic E-state index is 13.1. The first-order valence-corrected chi connectivity index (χ1v) is 11.3. The topological polar surface area (TPSA) is 129 Å². The summed E-state index contributed by atoms with van der Waals surface area (Å²) in [7, 11) is 1.79. The molecule has 5 aromatic rings. The van der Waals surface area contributed by atoms with Crippen LogP contribution in [-0.2, 0) is 13.2 Å². The van der Waals surface area contributed by atoms with E-state index in [-0.39, 0.29) is 22.9 Å². The van der Waals surface area contributed by atoms with E-state index in [1.165, 1.54) is 22.7 Å². The Morgan fingerprint density at radius 1 is 1.10 bits per heavy atom. The van der Waals surface area contributed by atoms with Gasteiger partial charge in [0.05, 0.1) is 34.1 Å². The third-order valence-electron chi connectivity index (χ3n) is 5.86. The van der Waals surface area contributed by atoms with E-state index in [2.05, 4.69) is 20.5 Å². The average molecular weight is 537 g/mol. The lowest BCUT2D eigenvalue weighted by atomic mass is 10.2. The molecule has 3 heterocycles. The largest absolute Gasteiger partial charge is 0.457 e. The van der Waals surface area contributed by atoms with Crippen LogP contribution < -0.4 is 10.1 Å². The fraction of sp³-hybridized carbons (Fsp3) is 0.120. The Kier molecular flexibility index (Phi) is 6.22. The molecule has 1 N–H and O–H groups in total. The van der Waals surface area contributed by atoms with Crippen LogP contribution in [0.15, 0.2) is 67.0 Å². The van der Waals surface area contributed by atoms with Crippen molar-refractivity contribution in [1.29, 1.82) is 0 Å². The maximum Gasteiger partial charge on any atom is 0.416 e. The molecular weight excluding hydrogens is 519 g/mol. The molecule has 0 spiro atoms. The fourth-order valence-corrected chi connectivity index (χ4v) is 3.85. The summed E-state index contributed by atoms with van der Waals surface area (Å²) in [5.74, 6) is -1.03. The number of nitro groups is 1. The molecule has 198 valence electrons. The number of carbonyl (C=O) groups is 1. The number of ether oxygens (including phenoxy) is 1. The van der Waals surface area contributed by atoms with Gasteiger partial charge in [-0.3, -0.25) is 19.6 Å². The number of halogens is 3. The van der Waals surface area contributed by atoms with Gasteiger partial charge < -0.3 is 10.1 Å². The van der Waals surface area contributed by atoms with Gasteiger partial charge in [0.2, 0.25) is 0 Å². The number of rotatable bonds is 6. The van der Waals surface area contributed by atoms with E-state index in [1.54, 1.807) is 30.2 Å². The molecule has 0 bridgehead atoms. The number of fused-ring (bicyclic) bond motifs is 1. The molecule has 14 heteroatoms. The number of non-ortho nitro benzene ring substituents is 1. The number of amides is 1. The predicted octanol–water partition coefficient (Wildman–Crippen LogP) is 5.41. The Hall–Kier alpha value is -5.27. The van der Waals surface area contributed by atoms with Gasteiger partial charge in [0.15, 0.2) is 11.3 Å². The highest BCUT2D eigenvalue weighted by atomic mass is 19.4. The number of nitro benzene ring substituents is 1. The highest BCUT2D eigenvalue weighted by Gasteiger charge is 2.30. The van der Waals surface area contributed by atoms with Crippen molar-refractivity contribution in [3.05, 3.63) is 94.1 Å². The van der Waals surface area contributed by atoms with Crippen LogP contribution in [0.2, 0.25) is 0 Å². The molecule has 2 aromatic carbocycles. The zero-order chi connectivity index (χ0) is 27.9. The van der Waals surface area contributed by atoms with Crippen molar-refractivity contribution in [2.24, 2.45) is 7.05 Å². The molecule has 0 fully saturated rings.